The molecule has 1 atom stereocenters. The van der Waals surface area contributed by atoms with Crippen LogP contribution in [0.4, 0.5) is 13.2 Å². The van der Waals surface area contributed by atoms with Crippen LogP contribution >= 0.6 is 0 Å². The molecule has 0 aromatic carbocycles. The van der Waals surface area contributed by atoms with E-state index in [4.69, 9.17) is 9.84 Å². The lowest BCUT2D eigenvalue weighted by molar-refractivity contribution is -0.176. The summed E-state index contributed by atoms with van der Waals surface area (Å²) in [5.74, 6) is -3.93. The van der Waals surface area contributed by atoms with Gasteiger partial charge >= 0.3 is 18.1 Å². The van der Waals surface area contributed by atoms with Gasteiger partial charge in [-0.1, -0.05) is 0 Å². The molecule has 9 heteroatoms. The number of carboxylic acids is 1. The van der Waals surface area contributed by atoms with Crippen molar-refractivity contribution < 1.29 is 37.3 Å². The summed E-state index contributed by atoms with van der Waals surface area (Å²) in [7, 11) is 1.38. The molecule has 0 spiro atoms. The lowest BCUT2D eigenvalue weighted by atomic mass is 10.3. The molecule has 0 fully saturated rings. The molecule has 2 N–H and O–H groups in total. The Morgan fingerprint density at radius 3 is 2.35 bits per heavy atom. The van der Waals surface area contributed by atoms with Crippen LogP contribution < -0.4 is 5.32 Å². The quantitative estimate of drug-likeness (QED) is 0.617. The molecule has 0 saturated carbocycles. The van der Waals surface area contributed by atoms with Gasteiger partial charge in [-0.05, 0) is 0 Å². The number of halogens is 3. The highest BCUT2D eigenvalue weighted by Gasteiger charge is 2.40. The Hall–Kier alpha value is -1.35. The topological polar surface area (TPSA) is 84.9 Å². The molecule has 0 heterocycles. The van der Waals surface area contributed by atoms with Gasteiger partial charge in [0.15, 0.2) is 6.04 Å². The van der Waals surface area contributed by atoms with Gasteiger partial charge in [-0.2, -0.15) is 13.2 Å². The van der Waals surface area contributed by atoms with E-state index in [0.29, 0.717) is 0 Å². The van der Waals surface area contributed by atoms with Crippen LogP contribution in [0.2, 0.25) is 0 Å². The van der Waals surface area contributed by atoms with Crippen molar-refractivity contribution >= 4 is 11.9 Å². The first-order valence-corrected chi connectivity index (χ1v) is 4.46. The Kier molecular flexibility index (Phi) is 6.51. The number of hydrogen-bond donors (Lipinski definition) is 2. The van der Waals surface area contributed by atoms with E-state index in [9.17, 15) is 22.8 Å². The van der Waals surface area contributed by atoms with Crippen molar-refractivity contribution in [1.29, 1.82) is 0 Å². The molecule has 0 aliphatic carbocycles. The number of nitrogens with one attached hydrogen (secondary N) is 1. The first-order valence-electron chi connectivity index (χ1n) is 4.46. The number of ether oxygens (including phenoxy) is 2. The van der Waals surface area contributed by atoms with E-state index < -0.39 is 30.7 Å². The zero-order valence-electron chi connectivity index (χ0n) is 8.91. The van der Waals surface area contributed by atoms with Gasteiger partial charge < -0.3 is 19.9 Å². The predicted molar refractivity (Wildman–Crippen MR) is 48.3 cm³/mol. The summed E-state index contributed by atoms with van der Waals surface area (Å²) < 4.78 is 44.9. The number of methoxy groups -OCH3 is 1. The highest BCUT2D eigenvalue weighted by Crippen LogP contribution is 2.14. The number of carbonyl (C=O) groups is 2. The van der Waals surface area contributed by atoms with Gasteiger partial charge in [0.2, 0.25) is 0 Å². The van der Waals surface area contributed by atoms with Crippen LogP contribution in [-0.4, -0.2) is 56.1 Å². The Balaban J connectivity index is 4.17. The van der Waals surface area contributed by atoms with Gasteiger partial charge in [-0.15, -0.1) is 0 Å². The van der Waals surface area contributed by atoms with Crippen molar-refractivity contribution in [3.63, 3.8) is 0 Å². The normalized spacial score (nSPS) is 13.2. The maximum atomic E-state index is 11.9. The third-order valence-electron chi connectivity index (χ3n) is 1.58. The minimum Gasteiger partial charge on any atom is -0.480 e. The number of aliphatic carboxylic acids is 1. The molecule has 17 heavy (non-hydrogen) atoms. The molecule has 0 bridgehead atoms. The summed E-state index contributed by atoms with van der Waals surface area (Å²) >= 11 is 0. The number of hydrogen-bond acceptors (Lipinski definition) is 4. The van der Waals surface area contributed by atoms with Crippen molar-refractivity contribution in [2.24, 2.45) is 0 Å². The first kappa shape index (κ1) is 15.7. The fourth-order valence-corrected chi connectivity index (χ4v) is 0.758. The molecular weight excluding hydrogens is 247 g/mol. The summed E-state index contributed by atoms with van der Waals surface area (Å²) in [6.07, 6.45) is -5.12. The third kappa shape index (κ3) is 6.74. The van der Waals surface area contributed by atoms with Crippen LogP contribution in [0, 0.1) is 0 Å². The van der Waals surface area contributed by atoms with Gasteiger partial charge in [0, 0.05) is 7.11 Å². The molecule has 1 unspecified atom stereocenters. The van der Waals surface area contributed by atoms with Crippen LogP contribution in [0.5, 0.6) is 0 Å². The van der Waals surface area contributed by atoms with Crippen LogP contribution in [-0.2, 0) is 19.1 Å². The summed E-state index contributed by atoms with van der Waals surface area (Å²) in [5, 5.41) is 9.86. The molecule has 0 saturated heterocycles. The smallest absolute Gasteiger partial charge is 0.471 e. The number of amides is 1. The zero-order chi connectivity index (χ0) is 13.5. The molecular formula is C8H12F3NO5. The Morgan fingerprint density at radius 1 is 1.35 bits per heavy atom. The minimum absolute atomic E-state index is 0.0160. The Morgan fingerprint density at radius 2 is 1.94 bits per heavy atom. The molecule has 0 aromatic rings. The van der Waals surface area contributed by atoms with Gasteiger partial charge in [0.05, 0.1) is 19.8 Å². The maximum absolute atomic E-state index is 11.9. The number of carbonyl (C=O) groups excluding carboxylic acids is 1. The first-order chi connectivity index (χ1) is 7.79. The molecule has 1 amide bonds. The SMILES string of the molecule is COCCOCC(NC(=O)C(F)(F)F)C(=O)O. The number of rotatable bonds is 7. The van der Waals surface area contributed by atoms with Crippen LogP contribution in [0.1, 0.15) is 0 Å². The van der Waals surface area contributed by atoms with Gasteiger partial charge in [0.25, 0.3) is 0 Å². The molecule has 0 radical (unpaired) electrons. The summed E-state index contributed by atoms with van der Waals surface area (Å²) in [6.45, 7) is -0.387. The number of carboxylic acid groups (broad SMARTS) is 1. The highest BCUT2D eigenvalue weighted by atomic mass is 19.4. The fourth-order valence-electron chi connectivity index (χ4n) is 0.758. The standard InChI is InChI=1S/C8H12F3NO5/c1-16-2-3-17-4-5(6(13)14)12-7(15)8(9,10)11/h5H,2-4H2,1H3,(H,12,15)(H,13,14). The molecule has 0 aliphatic rings. The fraction of sp³-hybridized carbons (Fsp3) is 0.750. The van der Waals surface area contributed by atoms with Gasteiger partial charge in [-0.25, -0.2) is 4.79 Å². The monoisotopic (exact) mass is 259 g/mol. The van der Waals surface area contributed by atoms with E-state index in [2.05, 4.69) is 4.74 Å². The zero-order valence-corrected chi connectivity index (χ0v) is 8.91. The maximum Gasteiger partial charge on any atom is 0.471 e. The molecule has 100 valence electrons. The highest BCUT2D eigenvalue weighted by molar-refractivity contribution is 5.86. The van der Waals surface area contributed by atoms with E-state index in [-0.39, 0.29) is 13.2 Å². The van der Waals surface area contributed by atoms with E-state index in [1.165, 1.54) is 12.4 Å². The van der Waals surface area contributed by atoms with E-state index in [1.54, 1.807) is 0 Å². The van der Waals surface area contributed by atoms with Crippen molar-refractivity contribution in [2.45, 2.75) is 12.2 Å². The van der Waals surface area contributed by atoms with Gasteiger partial charge in [-0.3, -0.25) is 4.79 Å². The third-order valence-corrected chi connectivity index (χ3v) is 1.58. The second-order valence-electron chi connectivity index (χ2n) is 2.93. The minimum atomic E-state index is -5.12. The summed E-state index contributed by atoms with van der Waals surface area (Å²) in [5.41, 5.74) is 0. The van der Waals surface area contributed by atoms with E-state index in [1.807, 2.05) is 0 Å². The summed E-state index contributed by atoms with van der Waals surface area (Å²) in [4.78, 5) is 21.0. The second kappa shape index (κ2) is 7.07. The Labute approximate surface area is 94.7 Å². The average molecular weight is 259 g/mol. The lowest BCUT2D eigenvalue weighted by Crippen LogP contribution is -2.49. The molecule has 0 aliphatic heterocycles. The predicted octanol–water partition coefficient (Wildman–Crippen LogP) is -0.219. The average Bonchev–Trinajstić information content (AvgIpc) is 2.20. The van der Waals surface area contributed by atoms with Crippen molar-refractivity contribution in [3.05, 3.63) is 0 Å². The van der Waals surface area contributed by atoms with Crippen LogP contribution in [0.15, 0.2) is 0 Å². The van der Waals surface area contributed by atoms with E-state index >= 15 is 0 Å². The lowest BCUT2D eigenvalue weighted by Gasteiger charge is -2.15. The van der Waals surface area contributed by atoms with Crippen LogP contribution in [0.3, 0.4) is 0 Å². The van der Waals surface area contributed by atoms with E-state index in [0.717, 1.165) is 0 Å². The largest absolute Gasteiger partial charge is 0.480 e. The summed E-state index contributed by atoms with van der Waals surface area (Å²) in [6, 6.07) is -1.75. The molecule has 0 aromatic heterocycles. The molecule has 0 rings (SSSR count). The molecule has 6 nitrogen and oxygen atoms in total. The second-order valence-corrected chi connectivity index (χ2v) is 2.93. The van der Waals surface area contributed by atoms with Crippen LogP contribution in [0.25, 0.3) is 0 Å². The van der Waals surface area contributed by atoms with Gasteiger partial charge in [0.1, 0.15) is 0 Å². The van der Waals surface area contributed by atoms with Crippen molar-refractivity contribution in [3.8, 4) is 0 Å². The Bertz CT molecular complexity index is 268. The van der Waals surface area contributed by atoms with Crippen molar-refractivity contribution in [1.82, 2.24) is 5.32 Å². The number of alkyl halides is 3. The van der Waals surface area contributed by atoms with Crippen molar-refractivity contribution in [2.75, 3.05) is 26.9 Å².